The van der Waals surface area contributed by atoms with E-state index in [1.165, 1.54) is 38.4 Å². The Balaban J connectivity index is 1.20. The Hall–Kier alpha value is -3.98. The van der Waals surface area contributed by atoms with E-state index >= 15 is 0 Å². The molecule has 1 fully saturated rings. The van der Waals surface area contributed by atoms with Crippen LogP contribution in [0, 0.1) is 5.82 Å². The lowest BCUT2D eigenvalue weighted by Crippen LogP contribution is -2.31. The number of piperidine rings is 1. The summed E-state index contributed by atoms with van der Waals surface area (Å²) >= 11 is 0. The summed E-state index contributed by atoms with van der Waals surface area (Å²) < 4.78 is 26.0. The van der Waals surface area contributed by atoms with E-state index in [1.807, 2.05) is 30.3 Å². The molecule has 0 spiro atoms. The number of anilines is 4. The molecule has 2 aromatic carbocycles. The zero-order valence-electron chi connectivity index (χ0n) is 20.9. The Labute approximate surface area is 215 Å². The van der Waals surface area contributed by atoms with Crippen LogP contribution in [0.4, 0.5) is 27.5 Å². The molecular weight excluding hydrogens is 471 g/mol. The lowest BCUT2D eigenvalue weighted by molar-refractivity contribution is 0.203. The molecule has 1 aliphatic rings. The van der Waals surface area contributed by atoms with E-state index in [2.05, 4.69) is 30.5 Å². The second-order valence-corrected chi connectivity index (χ2v) is 9.02. The van der Waals surface area contributed by atoms with Gasteiger partial charge in [0.2, 0.25) is 5.95 Å². The first-order valence-corrected chi connectivity index (χ1v) is 12.6. The van der Waals surface area contributed by atoms with Gasteiger partial charge in [-0.3, -0.25) is 4.98 Å². The third kappa shape index (κ3) is 6.42. The molecule has 1 aliphatic heterocycles. The summed E-state index contributed by atoms with van der Waals surface area (Å²) in [6, 6.07) is 14.2. The number of ether oxygens (including phenoxy) is 2. The van der Waals surface area contributed by atoms with Crippen molar-refractivity contribution in [3.05, 3.63) is 66.7 Å². The zero-order valence-corrected chi connectivity index (χ0v) is 20.9. The minimum absolute atomic E-state index is 0.335. The monoisotopic (exact) mass is 502 g/mol. The standard InChI is InChI=1S/C28H31FN6O2/c1-36-25-19-21(8-9-24(25)37-16-6-15-35-13-3-2-4-14-35)33-28-31-12-10-26(34-28)32-22-17-20-7-5-11-30-27(20)23(29)18-22/h5,7-12,17-19H,2-4,6,13-16H2,1H3,(H2,31,32,33,34). The zero-order chi connectivity index (χ0) is 25.5. The third-order valence-electron chi connectivity index (χ3n) is 6.33. The van der Waals surface area contributed by atoms with Gasteiger partial charge in [0.1, 0.15) is 11.3 Å². The molecule has 8 nitrogen and oxygen atoms in total. The molecule has 2 N–H and O–H groups in total. The summed E-state index contributed by atoms with van der Waals surface area (Å²) in [6.45, 7) is 4.09. The molecule has 0 saturated carbocycles. The van der Waals surface area contributed by atoms with Gasteiger partial charge in [-0.25, -0.2) is 9.37 Å². The lowest BCUT2D eigenvalue weighted by atomic mass is 10.1. The van der Waals surface area contributed by atoms with Gasteiger partial charge in [-0.2, -0.15) is 4.98 Å². The molecule has 0 atom stereocenters. The Kier molecular flexibility index (Phi) is 7.90. The van der Waals surface area contributed by atoms with Crippen LogP contribution in [-0.2, 0) is 0 Å². The van der Waals surface area contributed by atoms with Gasteiger partial charge in [0.15, 0.2) is 17.3 Å². The van der Waals surface area contributed by atoms with Crippen molar-refractivity contribution in [3.63, 3.8) is 0 Å². The van der Waals surface area contributed by atoms with Gasteiger partial charge in [0.05, 0.1) is 13.7 Å². The fourth-order valence-electron chi connectivity index (χ4n) is 4.50. The molecule has 192 valence electrons. The molecule has 37 heavy (non-hydrogen) atoms. The van der Waals surface area contributed by atoms with Crippen LogP contribution in [0.15, 0.2) is 60.9 Å². The molecule has 3 heterocycles. The molecule has 0 bridgehead atoms. The van der Waals surface area contributed by atoms with Crippen LogP contribution in [0.3, 0.4) is 0 Å². The smallest absolute Gasteiger partial charge is 0.229 e. The molecule has 0 unspecified atom stereocenters. The van der Waals surface area contributed by atoms with Crippen LogP contribution in [0.1, 0.15) is 25.7 Å². The molecule has 1 saturated heterocycles. The number of likely N-dealkylation sites (tertiary alicyclic amines) is 1. The molecular formula is C28H31FN6O2. The SMILES string of the molecule is COc1cc(Nc2nccc(Nc3cc(F)c4ncccc4c3)n2)ccc1OCCCN1CCCCC1. The van der Waals surface area contributed by atoms with Gasteiger partial charge in [0.25, 0.3) is 0 Å². The molecule has 0 amide bonds. The summed E-state index contributed by atoms with van der Waals surface area (Å²) in [5.74, 6) is 1.87. The Morgan fingerprint density at radius 1 is 0.919 bits per heavy atom. The second kappa shape index (κ2) is 11.8. The number of hydrogen-bond donors (Lipinski definition) is 2. The highest BCUT2D eigenvalue weighted by molar-refractivity contribution is 5.83. The molecule has 5 rings (SSSR count). The number of rotatable bonds is 10. The van der Waals surface area contributed by atoms with E-state index in [4.69, 9.17) is 9.47 Å². The average Bonchev–Trinajstić information content (AvgIpc) is 2.92. The summed E-state index contributed by atoms with van der Waals surface area (Å²) in [5, 5.41) is 7.04. The van der Waals surface area contributed by atoms with Crippen molar-refractivity contribution in [3.8, 4) is 11.5 Å². The number of nitrogens with one attached hydrogen (secondary N) is 2. The highest BCUT2D eigenvalue weighted by Crippen LogP contribution is 2.31. The van der Waals surface area contributed by atoms with Gasteiger partial charge < -0.3 is 25.0 Å². The van der Waals surface area contributed by atoms with Crippen LogP contribution in [0.25, 0.3) is 10.9 Å². The van der Waals surface area contributed by atoms with E-state index in [9.17, 15) is 4.39 Å². The number of benzene rings is 2. The van der Waals surface area contributed by atoms with Crippen molar-refractivity contribution in [1.29, 1.82) is 0 Å². The summed E-state index contributed by atoms with van der Waals surface area (Å²) in [4.78, 5) is 15.4. The first kappa shape index (κ1) is 24.7. The number of nitrogens with zero attached hydrogens (tertiary/aromatic N) is 4. The predicted octanol–water partition coefficient (Wildman–Crippen LogP) is 5.91. The maximum Gasteiger partial charge on any atom is 0.229 e. The van der Waals surface area contributed by atoms with E-state index in [0.29, 0.717) is 46.5 Å². The van der Waals surface area contributed by atoms with E-state index < -0.39 is 5.82 Å². The normalized spacial score (nSPS) is 13.9. The fourth-order valence-corrected chi connectivity index (χ4v) is 4.50. The van der Waals surface area contributed by atoms with Gasteiger partial charge in [-0.1, -0.05) is 12.5 Å². The Morgan fingerprint density at radius 2 is 1.81 bits per heavy atom. The summed E-state index contributed by atoms with van der Waals surface area (Å²) in [5.41, 5.74) is 1.67. The van der Waals surface area contributed by atoms with Crippen molar-refractivity contribution < 1.29 is 13.9 Å². The number of methoxy groups -OCH3 is 1. The number of hydrogen-bond acceptors (Lipinski definition) is 8. The van der Waals surface area contributed by atoms with Crippen LogP contribution >= 0.6 is 0 Å². The van der Waals surface area contributed by atoms with Gasteiger partial charge in [-0.15, -0.1) is 0 Å². The van der Waals surface area contributed by atoms with E-state index in [0.717, 1.165) is 18.7 Å². The average molecular weight is 503 g/mol. The predicted molar refractivity (Wildman–Crippen MR) is 144 cm³/mol. The molecule has 0 aliphatic carbocycles. The van der Waals surface area contributed by atoms with Gasteiger partial charge in [-0.05, 0) is 68.8 Å². The third-order valence-corrected chi connectivity index (χ3v) is 6.33. The topological polar surface area (TPSA) is 84.4 Å². The maximum atomic E-state index is 14.4. The minimum atomic E-state index is -0.395. The number of fused-ring (bicyclic) bond motifs is 1. The van der Waals surface area contributed by atoms with Crippen LogP contribution in [-0.4, -0.2) is 53.2 Å². The highest BCUT2D eigenvalue weighted by atomic mass is 19.1. The first-order valence-electron chi connectivity index (χ1n) is 12.6. The largest absolute Gasteiger partial charge is 0.493 e. The Morgan fingerprint density at radius 3 is 2.68 bits per heavy atom. The minimum Gasteiger partial charge on any atom is -0.493 e. The second-order valence-electron chi connectivity index (χ2n) is 9.02. The number of aromatic nitrogens is 3. The van der Waals surface area contributed by atoms with Gasteiger partial charge >= 0.3 is 0 Å². The fraction of sp³-hybridized carbons (Fsp3) is 0.321. The van der Waals surface area contributed by atoms with Crippen LogP contribution in [0.2, 0.25) is 0 Å². The summed E-state index contributed by atoms with van der Waals surface area (Å²) in [6.07, 6.45) is 8.13. The van der Waals surface area contributed by atoms with E-state index in [-0.39, 0.29) is 0 Å². The molecule has 0 radical (unpaired) electrons. The van der Waals surface area contributed by atoms with Crippen LogP contribution < -0.4 is 20.1 Å². The number of pyridine rings is 1. The molecule has 2 aromatic heterocycles. The Bertz CT molecular complexity index is 1350. The number of halogens is 1. The maximum absolute atomic E-state index is 14.4. The highest BCUT2D eigenvalue weighted by Gasteiger charge is 2.11. The van der Waals surface area contributed by atoms with Crippen molar-refractivity contribution in [2.45, 2.75) is 25.7 Å². The van der Waals surface area contributed by atoms with Crippen molar-refractivity contribution in [2.24, 2.45) is 0 Å². The van der Waals surface area contributed by atoms with Gasteiger partial charge in [0, 0.05) is 41.8 Å². The first-order chi connectivity index (χ1) is 18.2. The van der Waals surface area contributed by atoms with Crippen molar-refractivity contribution in [1.82, 2.24) is 19.9 Å². The molecule has 9 heteroatoms. The van der Waals surface area contributed by atoms with Crippen LogP contribution in [0.5, 0.6) is 11.5 Å². The molecule has 4 aromatic rings. The summed E-state index contributed by atoms with van der Waals surface area (Å²) in [7, 11) is 1.62. The quantitative estimate of drug-likeness (QED) is 0.259. The van der Waals surface area contributed by atoms with E-state index in [1.54, 1.807) is 31.6 Å². The lowest BCUT2D eigenvalue weighted by Gasteiger charge is -2.26. The van der Waals surface area contributed by atoms with Crippen molar-refractivity contribution >= 4 is 34.0 Å². The van der Waals surface area contributed by atoms with Crippen molar-refractivity contribution in [2.75, 3.05) is 44.0 Å².